The van der Waals surface area contributed by atoms with Gasteiger partial charge in [0.05, 0.1) is 17.1 Å². The maximum Gasteiger partial charge on any atom is 0.129 e. The van der Waals surface area contributed by atoms with Gasteiger partial charge < -0.3 is 9.67 Å². The standard InChI is InChI=1S/C22H18ClFN2O/c23-16-11-9-15(10-12-16)14-26-20-8-4-3-7-19(20)25-22(26)13-21(27)17-5-1-2-6-18(17)24/h1-12,21,27H,13-14H2/t21-/m1/s1. The Balaban J connectivity index is 1.71. The fourth-order valence-electron chi connectivity index (χ4n) is 3.26. The lowest BCUT2D eigenvalue weighted by Gasteiger charge is -2.14. The second kappa shape index (κ2) is 7.51. The zero-order valence-electron chi connectivity index (χ0n) is 14.5. The van der Waals surface area contributed by atoms with Crippen LogP contribution in [0.2, 0.25) is 5.02 Å². The van der Waals surface area contributed by atoms with Crippen molar-refractivity contribution in [2.45, 2.75) is 19.1 Å². The van der Waals surface area contributed by atoms with Crippen molar-refractivity contribution < 1.29 is 9.50 Å². The van der Waals surface area contributed by atoms with Crippen molar-refractivity contribution in [3.63, 3.8) is 0 Å². The molecule has 1 atom stereocenters. The number of nitrogens with zero attached hydrogens (tertiary/aromatic N) is 2. The lowest BCUT2D eigenvalue weighted by molar-refractivity contribution is 0.170. The monoisotopic (exact) mass is 380 g/mol. The summed E-state index contributed by atoms with van der Waals surface area (Å²) in [6, 6.07) is 21.7. The number of para-hydroxylation sites is 2. The molecular weight excluding hydrogens is 363 g/mol. The lowest BCUT2D eigenvalue weighted by Crippen LogP contribution is -2.11. The van der Waals surface area contributed by atoms with Crippen molar-refractivity contribution in [2.24, 2.45) is 0 Å². The van der Waals surface area contributed by atoms with E-state index in [2.05, 4.69) is 9.55 Å². The number of aliphatic hydroxyl groups is 1. The number of halogens is 2. The molecule has 4 rings (SSSR count). The maximum atomic E-state index is 14.0. The van der Waals surface area contributed by atoms with Crippen molar-refractivity contribution in [1.82, 2.24) is 9.55 Å². The third kappa shape index (κ3) is 3.72. The Hall–Kier alpha value is -2.69. The van der Waals surface area contributed by atoms with Crippen LogP contribution >= 0.6 is 11.6 Å². The molecule has 3 aromatic carbocycles. The van der Waals surface area contributed by atoms with E-state index in [1.165, 1.54) is 6.07 Å². The second-order valence-electron chi connectivity index (χ2n) is 6.47. The first-order chi connectivity index (χ1) is 13.1. The summed E-state index contributed by atoms with van der Waals surface area (Å²) in [6.45, 7) is 0.594. The quantitative estimate of drug-likeness (QED) is 0.519. The van der Waals surface area contributed by atoms with Crippen LogP contribution in [0.1, 0.15) is 23.1 Å². The maximum absolute atomic E-state index is 14.0. The molecule has 3 nitrogen and oxygen atoms in total. The predicted octanol–water partition coefficient (Wildman–Crippen LogP) is 5.15. The Labute approximate surface area is 161 Å². The minimum atomic E-state index is -0.966. The molecule has 1 heterocycles. The average Bonchev–Trinajstić information content (AvgIpc) is 3.01. The molecule has 0 radical (unpaired) electrons. The first kappa shape index (κ1) is 17.7. The summed E-state index contributed by atoms with van der Waals surface area (Å²) in [5.74, 6) is 0.298. The summed E-state index contributed by atoms with van der Waals surface area (Å²) < 4.78 is 16.1. The van der Waals surface area contributed by atoms with Gasteiger partial charge in [0.1, 0.15) is 11.6 Å². The van der Waals surface area contributed by atoms with Gasteiger partial charge in [0.15, 0.2) is 0 Å². The van der Waals surface area contributed by atoms with E-state index in [-0.39, 0.29) is 12.0 Å². The molecule has 0 unspecified atom stereocenters. The third-order valence-corrected chi connectivity index (χ3v) is 4.88. The highest BCUT2D eigenvalue weighted by Crippen LogP contribution is 2.25. The molecule has 0 aliphatic heterocycles. The van der Waals surface area contributed by atoms with E-state index in [0.717, 1.165) is 16.6 Å². The largest absolute Gasteiger partial charge is 0.388 e. The molecule has 27 heavy (non-hydrogen) atoms. The van der Waals surface area contributed by atoms with Gasteiger partial charge >= 0.3 is 0 Å². The average molecular weight is 381 g/mol. The lowest BCUT2D eigenvalue weighted by atomic mass is 10.1. The van der Waals surface area contributed by atoms with Gasteiger partial charge in [0, 0.05) is 23.6 Å². The highest BCUT2D eigenvalue weighted by Gasteiger charge is 2.18. The summed E-state index contributed by atoms with van der Waals surface area (Å²) in [6.07, 6.45) is -0.740. The van der Waals surface area contributed by atoms with Crippen molar-refractivity contribution in [1.29, 1.82) is 0 Å². The van der Waals surface area contributed by atoms with Crippen LogP contribution in [-0.2, 0) is 13.0 Å². The van der Waals surface area contributed by atoms with Crippen LogP contribution in [0.5, 0.6) is 0 Å². The molecule has 4 aromatic rings. The number of aliphatic hydroxyl groups excluding tert-OH is 1. The van der Waals surface area contributed by atoms with Crippen LogP contribution in [0.25, 0.3) is 11.0 Å². The topological polar surface area (TPSA) is 38.1 Å². The minimum absolute atomic E-state index is 0.225. The van der Waals surface area contributed by atoms with Crippen LogP contribution in [0.15, 0.2) is 72.8 Å². The molecule has 0 aliphatic carbocycles. The van der Waals surface area contributed by atoms with Crippen LogP contribution < -0.4 is 0 Å². The van der Waals surface area contributed by atoms with E-state index < -0.39 is 11.9 Å². The molecule has 0 fully saturated rings. The first-order valence-electron chi connectivity index (χ1n) is 8.73. The Morgan fingerprint density at radius 2 is 1.67 bits per heavy atom. The minimum Gasteiger partial charge on any atom is -0.388 e. The molecule has 0 amide bonds. The number of hydrogen-bond donors (Lipinski definition) is 1. The molecule has 0 saturated heterocycles. The van der Waals surface area contributed by atoms with Gasteiger partial charge in [-0.15, -0.1) is 0 Å². The highest BCUT2D eigenvalue weighted by atomic mass is 35.5. The fraction of sp³-hybridized carbons (Fsp3) is 0.136. The fourth-order valence-corrected chi connectivity index (χ4v) is 3.38. The Kier molecular flexibility index (Phi) is 4.92. The van der Waals surface area contributed by atoms with Gasteiger partial charge in [-0.1, -0.05) is 54.1 Å². The number of fused-ring (bicyclic) bond motifs is 1. The highest BCUT2D eigenvalue weighted by molar-refractivity contribution is 6.30. The van der Waals surface area contributed by atoms with Gasteiger partial charge in [-0.05, 0) is 35.9 Å². The first-order valence-corrected chi connectivity index (χ1v) is 9.10. The molecule has 0 spiro atoms. The van der Waals surface area contributed by atoms with Gasteiger partial charge in [0.25, 0.3) is 0 Å². The van der Waals surface area contributed by atoms with Crippen molar-refractivity contribution in [2.75, 3.05) is 0 Å². The molecule has 5 heteroatoms. The van der Waals surface area contributed by atoms with E-state index in [0.29, 0.717) is 17.4 Å². The normalized spacial score (nSPS) is 12.4. The van der Waals surface area contributed by atoms with Crippen LogP contribution in [0.4, 0.5) is 4.39 Å². The van der Waals surface area contributed by atoms with Crippen molar-refractivity contribution in [3.05, 3.63) is 101 Å². The SMILES string of the molecule is O[C@H](Cc1nc2ccccc2n1Cc1ccc(Cl)cc1)c1ccccc1F. The van der Waals surface area contributed by atoms with Gasteiger partial charge in [0.2, 0.25) is 0 Å². The zero-order chi connectivity index (χ0) is 18.8. The van der Waals surface area contributed by atoms with E-state index in [9.17, 15) is 9.50 Å². The molecular formula is C22H18ClFN2O. The Bertz CT molecular complexity index is 1080. The summed E-state index contributed by atoms with van der Waals surface area (Å²) in [4.78, 5) is 4.68. The molecule has 136 valence electrons. The second-order valence-corrected chi connectivity index (χ2v) is 6.91. The number of hydrogen-bond acceptors (Lipinski definition) is 2. The molecule has 1 N–H and O–H groups in total. The molecule has 0 bridgehead atoms. The summed E-state index contributed by atoms with van der Waals surface area (Å²) in [5.41, 5.74) is 3.18. The predicted molar refractivity (Wildman–Crippen MR) is 105 cm³/mol. The molecule has 1 aromatic heterocycles. The van der Waals surface area contributed by atoms with Crippen molar-refractivity contribution >= 4 is 22.6 Å². The smallest absolute Gasteiger partial charge is 0.129 e. The van der Waals surface area contributed by atoms with Crippen LogP contribution in [0.3, 0.4) is 0 Å². The zero-order valence-corrected chi connectivity index (χ0v) is 15.3. The van der Waals surface area contributed by atoms with E-state index in [4.69, 9.17) is 11.6 Å². The number of imidazole rings is 1. The van der Waals surface area contributed by atoms with Crippen LogP contribution in [-0.4, -0.2) is 14.7 Å². The van der Waals surface area contributed by atoms with E-state index >= 15 is 0 Å². The summed E-state index contributed by atoms with van der Waals surface area (Å²) >= 11 is 5.98. The number of rotatable bonds is 5. The number of aromatic nitrogens is 2. The Morgan fingerprint density at radius 1 is 0.963 bits per heavy atom. The number of benzene rings is 3. The molecule has 0 aliphatic rings. The van der Waals surface area contributed by atoms with E-state index in [1.807, 2.05) is 48.5 Å². The van der Waals surface area contributed by atoms with Crippen molar-refractivity contribution in [3.8, 4) is 0 Å². The summed E-state index contributed by atoms with van der Waals surface area (Å²) in [5, 5.41) is 11.3. The Morgan fingerprint density at radius 3 is 2.44 bits per heavy atom. The van der Waals surface area contributed by atoms with Crippen LogP contribution in [0, 0.1) is 5.82 Å². The summed E-state index contributed by atoms with van der Waals surface area (Å²) in [7, 11) is 0. The van der Waals surface area contributed by atoms with Gasteiger partial charge in [-0.2, -0.15) is 0 Å². The van der Waals surface area contributed by atoms with Gasteiger partial charge in [-0.25, -0.2) is 9.37 Å². The van der Waals surface area contributed by atoms with Gasteiger partial charge in [-0.3, -0.25) is 0 Å². The van der Waals surface area contributed by atoms with E-state index in [1.54, 1.807) is 18.2 Å². The third-order valence-electron chi connectivity index (χ3n) is 4.63. The molecule has 0 saturated carbocycles.